The zero-order valence-corrected chi connectivity index (χ0v) is 16.7. The zero-order valence-electron chi connectivity index (χ0n) is 16.7. The normalized spacial score (nSPS) is 16.9. The zero-order chi connectivity index (χ0) is 20.2. The average molecular weight is 396 g/mol. The molecule has 3 aromatic heterocycles. The molecule has 0 N–H and O–H groups in total. The summed E-state index contributed by atoms with van der Waals surface area (Å²) < 4.78 is 10.6. The summed E-state index contributed by atoms with van der Waals surface area (Å²) in [5.41, 5.74) is 2.48. The van der Waals surface area contributed by atoms with Crippen molar-refractivity contribution in [3.05, 3.63) is 41.5 Å². The second-order valence-corrected chi connectivity index (χ2v) is 7.46. The average Bonchev–Trinajstić information content (AvgIpc) is 3.33. The lowest BCUT2D eigenvalue weighted by molar-refractivity contribution is -0.133. The minimum atomic E-state index is 0.167. The molecule has 1 saturated heterocycles. The molecule has 0 aliphatic carbocycles. The Morgan fingerprint density at radius 3 is 2.90 bits per heavy atom. The molecular formula is C20H24N6O3. The van der Waals surface area contributed by atoms with Crippen molar-refractivity contribution in [2.75, 3.05) is 13.1 Å². The van der Waals surface area contributed by atoms with Gasteiger partial charge in [-0.25, -0.2) is 4.98 Å². The van der Waals surface area contributed by atoms with Crippen molar-refractivity contribution in [3.63, 3.8) is 0 Å². The highest BCUT2D eigenvalue weighted by atomic mass is 16.5. The highest BCUT2D eigenvalue weighted by Crippen LogP contribution is 2.23. The SMILES string of the molecule is Cc1noc(C)c1CCC(=O)N1CCC[C@@H](Cc2nc(-c3cnccn3)no2)C1. The molecule has 1 amide bonds. The smallest absolute Gasteiger partial charge is 0.227 e. The first-order chi connectivity index (χ1) is 14.1. The Bertz CT molecular complexity index is 948. The van der Waals surface area contributed by atoms with Gasteiger partial charge in [0, 0.05) is 43.9 Å². The van der Waals surface area contributed by atoms with E-state index >= 15 is 0 Å². The lowest BCUT2D eigenvalue weighted by atomic mass is 9.94. The number of rotatable bonds is 6. The van der Waals surface area contributed by atoms with Gasteiger partial charge in [0.2, 0.25) is 17.6 Å². The van der Waals surface area contributed by atoms with Gasteiger partial charge in [0.1, 0.15) is 11.5 Å². The third-order valence-electron chi connectivity index (χ3n) is 5.37. The van der Waals surface area contributed by atoms with Crippen LogP contribution in [0, 0.1) is 19.8 Å². The highest BCUT2D eigenvalue weighted by Gasteiger charge is 2.26. The summed E-state index contributed by atoms with van der Waals surface area (Å²) in [6, 6.07) is 0. The largest absolute Gasteiger partial charge is 0.361 e. The van der Waals surface area contributed by atoms with E-state index in [2.05, 4.69) is 25.3 Å². The minimum absolute atomic E-state index is 0.167. The molecule has 1 atom stereocenters. The molecule has 1 aliphatic rings. The summed E-state index contributed by atoms with van der Waals surface area (Å²) >= 11 is 0. The number of nitrogens with zero attached hydrogens (tertiary/aromatic N) is 6. The van der Waals surface area contributed by atoms with E-state index in [0.29, 0.717) is 49.1 Å². The standard InChI is InChI=1S/C20H24N6O3/c1-13-16(14(2)28-24-13)5-6-19(27)26-9-3-4-15(12-26)10-18-23-20(25-29-18)17-11-21-7-8-22-17/h7-8,11,15H,3-6,9-10,12H2,1-2H3/t15-/m0/s1. The van der Waals surface area contributed by atoms with E-state index in [-0.39, 0.29) is 5.91 Å². The second kappa shape index (κ2) is 8.50. The Morgan fingerprint density at radius 2 is 2.14 bits per heavy atom. The van der Waals surface area contributed by atoms with Crippen LogP contribution in [0.25, 0.3) is 11.5 Å². The number of hydrogen-bond acceptors (Lipinski definition) is 8. The Morgan fingerprint density at radius 1 is 1.24 bits per heavy atom. The van der Waals surface area contributed by atoms with Crippen molar-refractivity contribution in [1.29, 1.82) is 0 Å². The molecule has 0 spiro atoms. The minimum Gasteiger partial charge on any atom is -0.361 e. The van der Waals surface area contributed by atoms with E-state index in [1.807, 2.05) is 18.7 Å². The van der Waals surface area contributed by atoms with Crippen LogP contribution in [0.5, 0.6) is 0 Å². The van der Waals surface area contributed by atoms with Gasteiger partial charge in [0.15, 0.2) is 0 Å². The third kappa shape index (κ3) is 4.49. The van der Waals surface area contributed by atoms with E-state index in [0.717, 1.165) is 36.4 Å². The van der Waals surface area contributed by atoms with Crippen molar-refractivity contribution in [2.45, 2.75) is 46.0 Å². The number of piperidine rings is 1. The molecule has 1 fully saturated rings. The molecular weight excluding hydrogens is 372 g/mol. The van der Waals surface area contributed by atoms with Crippen LogP contribution >= 0.6 is 0 Å². The van der Waals surface area contributed by atoms with Crippen LogP contribution in [0.1, 0.15) is 42.2 Å². The first kappa shape index (κ1) is 19.2. The maximum absolute atomic E-state index is 12.7. The predicted octanol–water partition coefficient (Wildman–Crippen LogP) is 2.55. The fourth-order valence-corrected chi connectivity index (χ4v) is 3.81. The molecule has 3 aromatic rings. The molecule has 152 valence electrons. The Hall–Kier alpha value is -3.10. The molecule has 0 unspecified atom stereocenters. The number of amides is 1. The molecule has 0 radical (unpaired) electrons. The van der Waals surface area contributed by atoms with Crippen molar-refractivity contribution in [2.24, 2.45) is 5.92 Å². The van der Waals surface area contributed by atoms with Crippen molar-refractivity contribution in [3.8, 4) is 11.5 Å². The van der Waals surface area contributed by atoms with Crippen molar-refractivity contribution in [1.82, 2.24) is 30.2 Å². The maximum atomic E-state index is 12.7. The van der Waals surface area contributed by atoms with Crippen LogP contribution in [-0.4, -0.2) is 49.2 Å². The van der Waals surface area contributed by atoms with E-state index in [1.165, 1.54) is 0 Å². The first-order valence-electron chi connectivity index (χ1n) is 9.88. The fourth-order valence-electron chi connectivity index (χ4n) is 3.81. The summed E-state index contributed by atoms with van der Waals surface area (Å²) in [5, 5.41) is 7.95. The quantitative estimate of drug-likeness (QED) is 0.625. The molecule has 4 heterocycles. The molecule has 1 aliphatic heterocycles. The number of carbonyl (C=O) groups excluding carboxylic acids is 1. The van der Waals surface area contributed by atoms with E-state index in [1.54, 1.807) is 18.6 Å². The Labute approximate surface area is 168 Å². The maximum Gasteiger partial charge on any atom is 0.227 e. The van der Waals surface area contributed by atoms with Crippen molar-refractivity contribution < 1.29 is 13.8 Å². The second-order valence-electron chi connectivity index (χ2n) is 7.46. The van der Waals surface area contributed by atoms with Gasteiger partial charge in [-0.15, -0.1) is 0 Å². The molecule has 0 saturated carbocycles. The molecule has 0 aromatic carbocycles. The molecule has 0 bridgehead atoms. The number of aromatic nitrogens is 5. The van der Waals surface area contributed by atoms with E-state index in [4.69, 9.17) is 9.05 Å². The van der Waals surface area contributed by atoms with Gasteiger partial charge >= 0.3 is 0 Å². The van der Waals surface area contributed by atoms with Gasteiger partial charge in [-0.1, -0.05) is 10.3 Å². The van der Waals surface area contributed by atoms with Gasteiger partial charge in [-0.05, 0) is 39.0 Å². The van der Waals surface area contributed by atoms with Crippen molar-refractivity contribution >= 4 is 5.91 Å². The van der Waals surface area contributed by atoms with Gasteiger partial charge in [0.25, 0.3) is 0 Å². The molecule has 29 heavy (non-hydrogen) atoms. The van der Waals surface area contributed by atoms with Crippen LogP contribution in [0.3, 0.4) is 0 Å². The van der Waals surface area contributed by atoms with E-state index in [9.17, 15) is 4.79 Å². The number of likely N-dealkylation sites (tertiary alicyclic amines) is 1. The molecule has 9 heteroatoms. The van der Waals surface area contributed by atoms with Crippen LogP contribution < -0.4 is 0 Å². The lowest BCUT2D eigenvalue weighted by Crippen LogP contribution is -2.40. The summed E-state index contributed by atoms with van der Waals surface area (Å²) in [6.07, 6.45) is 8.60. The van der Waals surface area contributed by atoms with Gasteiger partial charge < -0.3 is 13.9 Å². The predicted molar refractivity (Wildman–Crippen MR) is 103 cm³/mol. The number of hydrogen-bond donors (Lipinski definition) is 0. The van der Waals surface area contributed by atoms with Gasteiger partial charge in [-0.2, -0.15) is 4.98 Å². The third-order valence-corrected chi connectivity index (χ3v) is 5.37. The van der Waals surface area contributed by atoms with E-state index < -0.39 is 0 Å². The first-order valence-corrected chi connectivity index (χ1v) is 9.88. The Balaban J connectivity index is 1.32. The summed E-state index contributed by atoms with van der Waals surface area (Å²) in [7, 11) is 0. The molecule has 4 rings (SSSR count). The lowest BCUT2D eigenvalue weighted by Gasteiger charge is -2.32. The van der Waals surface area contributed by atoms with Gasteiger partial charge in [-0.3, -0.25) is 9.78 Å². The van der Waals surface area contributed by atoms with Crippen LogP contribution in [0.15, 0.2) is 27.6 Å². The van der Waals surface area contributed by atoms with Crippen LogP contribution in [0.4, 0.5) is 0 Å². The number of carbonyl (C=O) groups is 1. The fraction of sp³-hybridized carbons (Fsp3) is 0.500. The molecule has 9 nitrogen and oxygen atoms in total. The summed E-state index contributed by atoms with van der Waals surface area (Å²) in [5.74, 6) is 2.28. The summed E-state index contributed by atoms with van der Waals surface area (Å²) in [6.45, 7) is 5.30. The highest BCUT2D eigenvalue weighted by molar-refractivity contribution is 5.76. The van der Waals surface area contributed by atoms with Crippen LogP contribution in [0.2, 0.25) is 0 Å². The number of aryl methyl sites for hydroxylation is 2. The Kier molecular flexibility index (Phi) is 5.64. The monoisotopic (exact) mass is 396 g/mol. The topological polar surface area (TPSA) is 111 Å². The van der Waals surface area contributed by atoms with Gasteiger partial charge in [0.05, 0.1) is 11.9 Å². The summed E-state index contributed by atoms with van der Waals surface area (Å²) in [4.78, 5) is 27.3. The van der Waals surface area contributed by atoms with Crippen LogP contribution in [-0.2, 0) is 17.6 Å².